The fourth-order valence-corrected chi connectivity index (χ4v) is 2.40. The van der Waals surface area contributed by atoms with Gasteiger partial charge in [-0.2, -0.15) is 0 Å². The SMILES string of the molecule is CCC1CC=C(C)C=C[C@H]1NC(C)CC(C)=O. The number of nitrogens with one attached hydrogen (secondary N) is 1. The molecule has 0 aromatic carbocycles. The van der Waals surface area contributed by atoms with Crippen LogP contribution in [-0.2, 0) is 4.79 Å². The van der Waals surface area contributed by atoms with E-state index in [1.165, 1.54) is 12.0 Å². The predicted octanol–water partition coefficient (Wildman–Crippen LogP) is 3.24. The van der Waals surface area contributed by atoms with Crippen molar-refractivity contribution in [2.75, 3.05) is 0 Å². The number of rotatable bonds is 5. The second kappa shape index (κ2) is 6.75. The van der Waals surface area contributed by atoms with Gasteiger partial charge in [0.25, 0.3) is 0 Å². The molecule has 1 N–H and O–H groups in total. The Balaban J connectivity index is 2.61. The van der Waals surface area contributed by atoms with Gasteiger partial charge in [0.15, 0.2) is 0 Å². The maximum Gasteiger partial charge on any atom is 0.131 e. The van der Waals surface area contributed by atoms with Crippen LogP contribution in [-0.4, -0.2) is 17.9 Å². The third-order valence-corrected chi connectivity index (χ3v) is 3.41. The van der Waals surface area contributed by atoms with Gasteiger partial charge in [0.05, 0.1) is 0 Å². The molecule has 0 amide bonds. The first-order chi connectivity index (χ1) is 8.02. The van der Waals surface area contributed by atoms with Crippen molar-refractivity contribution in [3.63, 3.8) is 0 Å². The summed E-state index contributed by atoms with van der Waals surface area (Å²) >= 11 is 0. The molecule has 2 nitrogen and oxygen atoms in total. The Bertz CT molecular complexity index is 317. The molecular weight excluding hydrogens is 210 g/mol. The lowest BCUT2D eigenvalue weighted by Gasteiger charge is -2.26. The minimum Gasteiger partial charge on any atom is -0.307 e. The summed E-state index contributed by atoms with van der Waals surface area (Å²) in [6, 6.07) is 0.651. The maximum atomic E-state index is 11.1. The molecule has 1 rings (SSSR count). The fraction of sp³-hybridized carbons (Fsp3) is 0.667. The number of carbonyl (C=O) groups excluding carboxylic acids is 1. The molecule has 17 heavy (non-hydrogen) atoms. The Kier molecular flexibility index (Phi) is 5.63. The third-order valence-electron chi connectivity index (χ3n) is 3.41. The number of carbonyl (C=O) groups is 1. The highest BCUT2D eigenvalue weighted by atomic mass is 16.1. The molecule has 0 aliphatic heterocycles. The topological polar surface area (TPSA) is 29.1 Å². The Hall–Kier alpha value is -0.890. The van der Waals surface area contributed by atoms with Crippen molar-refractivity contribution in [3.05, 3.63) is 23.8 Å². The van der Waals surface area contributed by atoms with Crippen molar-refractivity contribution < 1.29 is 4.79 Å². The van der Waals surface area contributed by atoms with E-state index in [0.29, 0.717) is 18.4 Å². The average molecular weight is 235 g/mol. The van der Waals surface area contributed by atoms with Gasteiger partial charge >= 0.3 is 0 Å². The summed E-state index contributed by atoms with van der Waals surface area (Å²) in [6.45, 7) is 8.12. The quantitative estimate of drug-likeness (QED) is 0.792. The number of hydrogen-bond acceptors (Lipinski definition) is 2. The molecule has 0 aromatic rings. The summed E-state index contributed by atoms with van der Waals surface area (Å²) < 4.78 is 0. The molecule has 3 atom stereocenters. The van der Waals surface area contributed by atoms with E-state index in [1.54, 1.807) is 6.92 Å². The van der Waals surface area contributed by atoms with Crippen LogP contribution in [0.5, 0.6) is 0 Å². The summed E-state index contributed by atoms with van der Waals surface area (Å²) in [6.07, 6.45) is 9.66. The van der Waals surface area contributed by atoms with Crippen LogP contribution in [0.1, 0.15) is 47.0 Å². The Labute approximate surface area is 105 Å². The number of Topliss-reactive ketones (excluding diaryl/α,β-unsaturated/α-hetero) is 1. The van der Waals surface area contributed by atoms with E-state index >= 15 is 0 Å². The van der Waals surface area contributed by atoms with Crippen LogP contribution in [0.25, 0.3) is 0 Å². The highest BCUT2D eigenvalue weighted by Gasteiger charge is 2.20. The summed E-state index contributed by atoms with van der Waals surface area (Å²) in [7, 11) is 0. The summed E-state index contributed by atoms with van der Waals surface area (Å²) in [5.74, 6) is 0.892. The number of allylic oxidation sites excluding steroid dienone is 3. The second-order valence-corrected chi connectivity index (χ2v) is 5.21. The molecule has 0 fully saturated rings. The van der Waals surface area contributed by atoms with Crippen LogP contribution < -0.4 is 5.32 Å². The van der Waals surface area contributed by atoms with Crippen molar-refractivity contribution >= 4 is 5.78 Å². The minimum atomic E-state index is 0.255. The van der Waals surface area contributed by atoms with E-state index in [1.807, 2.05) is 0 Å². The first-order valence-corrected chi connectivity index (χ1v) is 6.63. The van der Waals surface area contributed by atoms with Crippen LogP contribution in [0.3, 0.4) is 0 Å². The van der Waals surface area contributed by atoms with Crippen molar-refractivity contribution in [2.45, 2.75) is 59.0 Å². The molecule has 1 aliphatic carbocycles. The minimum absolute atomic E-state index is 0.255. The van der Waals surface area contributed by atoms with Gasteiger partial charge in [0.2, 0.25) is 0 Å². The molecule has 96 valence electrons. The molecule has 1 aliphatic rings. The zero-order chi connectivity index (χ0) is 12.8. The van der Waals surface area contributed by atoms with E-state index in [9.17, 15) is 4.79 Å². The molecule has 0 heterocycles. The Morgan fingerprint density at radius 3 is 2.88 bits per heavy atom. The normalized spacial score (nSPS) is 26.2. The van der Waals surface area contributed by atoms with Crippen molar-refractivity contribution in [1.82, 2.24) is 5.32 Å². The molecule has 0 saturated heterocycles. The lowest BCUT2D eigenvalue weighted by molar-refractivity contribution is -0.117. The van der Waals surface area contributed by atoms with Gasteiger partial charge in [-0.05, 0) is 33.1 Å². The molecule has 2 heteroatoms. The van der Waals surface area contributed by atoms with Gasteiger partial charge in [0.1, 0.15) is 5.78 Å². The summed E-state index contributed by atoms with van der Waals surface area (Å²) in [4.78, 5) is 11.1. The third kappa shape index (κ3) is 4.86. The maximum absolute atomic E-state index is 11.1. The van der Waals surface area contributed by atoms with E-state index in [2.05, 4.69) is 44.3 Å². The highest BCUT2D eigenvalue weighted by Crippen LogP contribution is 2.21. The van der Waals surface area contributed by atoms with Gasteiger partial charge < -0.3 is 5.32 Å². The van der Waals surface area contributed by atoms with E-state index in [4.69, 9.17) is 0 Å². The molecular formula is C15H25NO. The highest BCUT2D eigenvalue weighted by molar-refractivity contribution is 5.76. The first-order valence-electron chi connectivity index (χ1n) is 6.63. The second-order valence-electron chi connectivity index (χ2n) is 5.21. The van der Waals surface area contributed by atoms with Crippen molar-refractivity contribution in [2.24, 2.45) is 5.92 Å². The van der Waals surface area contributed by atoms with Crippen LogP contribution in [0, 0.1) is 5.92 Å². The van der Waals surface area contributed by atoms with E-state index in [-0.39, 0.29) is 11.8 Å². The smallest absolute Gasteiger partial charge is 0.131 e. The predicted molar refractivity (Wildman–Crippen MR) is 73.0 cm³/mol. The van der Waals surface area contributed by atoms with Crippen molar-refractivity contribution in [3.8, 4) is 0 Å². The van der Waals surface area contributed by atoms with E-state index < -0.39 is 0 Å². The fourth-order valence-electron chi connectivity index (χ4n) is 2.40. The zero-order valence-electron chi connectivity index (χ0n) is 11.5. The molecule has 0 saturated carbocycles. The van der Waals surface area contributed by atoms with Gasteiger partial charge in [-0.3, -0.25) is 4.79 Å². The largest absolute Gasteiger partial charge is 0.307 e. The van der Waals surface area contributed by atoms with Crippen LogP contribution in [0.15, 0.2) is 23.8 Å². The van der Waals surface area contributed by atoms with Gasteiger partial charge in [-0.15, -0.1) is 0 Å². The number of ketones is 1. The summed E-state index contributed by atoms with van der Waals surface area (Å²) in [5.41, 5.74) is 1.34. The first kappa shape index (κ1) is 14.2. The van der Waals surface area contributed by atoms with E-state index in [0.717, 1.165) is 6.42 Å². The number of hydrogen-bond donors (Lipinski definition) is 1. The zero-order valence-corrected chi connectivity index (χ0v) is 11.5. The average Bonchev–Trinajstić information content (AvgIpc) is 2.40. The molecule has 0 aromatic heterocycles. The monoisotopic (exact) mass is 235 g/mol. The molecule has 2 unspecified atom stereocenters. The van der Waals surface area contributed by atoms with Crippen LogP contribution in [0.4, 0.5) is 0 Å². The van der Waals surface area contributed by atoms with Crippen molar-refractivity contribution in [1.29, 1.82) is 0 Å². The molecule has 0 spiro atoms. The molecule has 0 bridgehead atoms. The van der Waals surface area contributed by atoms with Crippen LogP contribution in [0.2, 0.25) is 0 Å². The Morgan fingerprint density at radius 2 is 2.29 bits per heavy atom. The lowest BCUT2D eigenvalue weighted by Crippen LogP contribution is -2.40. The summed E-state index contributed by atoms with van der Waals surface area (Å²) in [5, 5.41) is 3.57. The van der Waals surface area contributed by atoms with Gasteiger partial charge in [0, 0.05) is 18.5 Å². The Morgan fingerprint density at radius 1 is 1.59 bits per heavy atom. The molecule has 0 radical (unpaired) electrons. The standard InChI is InChI=1S/C15H25NO/c1-5-14-8-6-11(2)7-9-15(14)16-12(3)10-13(4)17/h6-7,9,12,14-16H,5,8,10H2,1-4H3/t12?,14?,15-/m1/s1. The van der Waals surface area contributed by atoms with Crippen LogP contribution >= 0.6 is 0 Å². The van der Waals surface area contributed by atoms with Gasteiger partial charge in [-0.25, -0.2) is 0 Å². The lowest BCUT2D eigenvalue weighted by atomic mass is 9.93. The van der Waals surface area contributed by atoms with Gasteiger partial charge in [-0.1, -0.05) is 37.1 Å².